The Morgan fingerprint density at radius 1 is 1.00 bits per heavy atom. The molecule has 3 heteroatoms. The molecule has 0 aliphatic carbocycles. The van der Waals surface area contributed by atoms with Crippen molar-refractivity contribution in [3.63, 3.8) is 0 Å². The van der Waals surface area contributed by atoms with Crippen molar-refractivity contribution in [3.8, 4) is 5.88 Å². The normalized spacial score (nSPS) is 9.33. The Bertz CT molecular complexity index is 389. The molecule has 0 unspecified atom stereocenters. The number of pyridine rings is 1. The quantitative estimate of drug-likeness (QED) is 0.421. The number of nitrogens with zero attached hydrogens (tertiary/aromatic N) is 1. The van der Waals surface area contributed by atoms with Crippen LogP contribution < -0.4 is 24.0 Å². The third-order valence-corrected chi connectivity index (χ3v) is 1.57. The zero-order valence-electron chi connectivity index (χ0n) is 6.82. The molecule has 2 rings (SSSR count). The van der Waals surface area contributed by atoms with Crippen molar-refractivity contribution in [2.24, 2.45) is 0 Å². The summed E-state index contributed by atoms with van der Waals surface area (Å²) in [5, 5.41) is 11.8. The van der Waals surface area contributed by atoms with E-state index >= 15 is 0 Å². The van der Waals surface area contributed by atoms with Crippen LogP contribution in [-0.2, 0) is 0 Å². The second-order valence-corrected chi connectivity index (χ2v) is 2.34. The van der Waals surface area contributed by atoms with Gasteiger partial charge in [0.15, 0.2) is 0 Å². The van der Waals surface area contributed by atoms with Crippen LogP contribution in [-0.4, -0.2) is 4.98 Å². The molecule has 54 valence electrons. The molecule has 0 atom stereocenters. The van der Waals surface area contributed by atoms with Crippen molar-refractivity contribution in [3.05, 3.63) is 36.4 Å². The number of hydrogen-bond donors (Lipinski definition) is 0. The van der Waals surface area contributed by atoms with Gasteiger partial charge >= 0.3 is 18.9 Å². The molecule has 0 amide bonds. The van der Waals surface area contributed by atoms with E-state index in [-0.39, 0.29) is 24.7 Å². The summed E-state index contributed by atoms with van der Waals surface area (Å²) in [6.07, 6.45) is 0. The first-order valence-corrected chi connectivity index (χ1v) is 3.39. The van der Waals surface area contributed by atoms with Crippen LogP contribution in [0.1, 0.15) is 0 Å². The predicted molar refractivity (Wildman–Crippen MR) is 41.2 cm³/mol. The van der Waals surface area contributed by atoms with E-state index in [1.165, 1.54) is 6.07 Å². The van der Waals surface area contributed by atoms with Gasteiger partial charge in [0.2, 0.25) is 0 Å². The van der Waals surface area contributed by atoms with Gasteiger partial charge in [-0.1, -0.05) is 30.3 Å². The summed E-state index contributed by atoms with van der Waals surface area (Å²) in [6.45, 7) is 0. The molecule has 2 nitrogen and oxygen atoms in total. The second kappa shape index (κ2) is 3.62. The number of fused-ring (bicyclic) bond motifs is 1. The molecule has 1 aromatic carbocycles. The van der Waals surface area contributed by atoms with Crippen LogP contribution in [0.3, 0.4) is 0 Å². The maximum Gasteiger partial charge on any atom is 1.00 e. The van der Waals surface area contributed by atoms with Crippen molar-refractivity contribution in [1.82, 2.24) is 4.98 Å². The Kier molecular flexibility index (Phi) is 2.75. The molecule has 1 aromatic heterocycles. The molecular formula is C9H6LiNO. The molecular weight excluding hydrogens is 145 g/mol. The van der Waals surface area contributed by atoms with Crippen molar-refractivity contribution >= 4 is 10.9 Å². The summed E-state index contributed by atoms with van der Waals surface area (Å²) in [7, 11) is 0. The smallest absolute Gasteiger partial charge is 0.859 e. The fourth-order valence-corrected chi connectivity index (χ4v) is 1.05. The SMILES string of the molecule is [Li+].[O-]c1ccc2ccccc2n1. The summed E-state index contributed by atoms with van der Waals surface area (Å²) in [6, 6.07) is 10.8. The third-order valence-electron chi connectivity index (χ3n) is 1.57. The van der Waals surface area contributed by atoms with Crippen LogP contribution >= 0.6 is 0 Å². The summed E-state index contributed by atoms with van der Waals surface area (Å²) in [5.41, 5.74) is 0.764. The minimum absolute atomic E-state index is 0. The van der Waals surface area contributed by atoms with Gasteiger partial charge in [0, 0.05) is 5.39 Å². The van der Waals surface area contributed by atoms with Gasteiger partial charge in [0.05, 0.1) is 5.52 Å². The largest absolute Gasteiger partial charge is 1.00 e. The van der Waals surface area contributed by atoms with Crippen molar-refractivity contribution in [1.29, 1.82) is 0 Å². The number of para-hydroxylation sites is 1. The first kappa shape index (κ1) is 9.12. The van der Waals surface area contributed by atoms with E-state index in [9.17, 15) is 5.11 Å². The first-order valence-electron chi connectivity index (χ1n) is 3.39. The zero-order chi connectivity index (χ0) is 7.68. The molecule has 0 aliphatic rings. The van der Waals surface area contributed by atoms with Gasteiger partial charge in [-0.2, -0.15) is 0 Å². The summed E-state index contributed by atoms with van der Waals surface area (Å²) < 4.78 is 0. The fraction of sp³-hybridized carbons (Fsp3) is 0. The van der Waals surface area contributed by atoms with Crippen LogP contribution in [0.15, 0.2) is 36.4 Å². The molecule has 12 heavy (non-hydrogen) atoms. The van der Waals surface area contributed by atoms with E-state index in [4.69, 9.17) is 0 Å². The third kappa shape index (κ3) is 1.61. The van der Waals surface area contributed by atoms with Gasteiger partial charge in [0.1, 0.15) is 0 Å². The van der Waals surface area contributed by atoms with Gasteiger partial charge in [-0.25, -0.2) is 0 Å². The van der Waals surface area contributed by atoms with Crippen LogP contribution in [0.5, 0.6) is 5.88 Å². The molecule has 0 aliphatic heterocycles. The van der Waals surface area contributed by atoms with Crippen LogP contribution in [0.2, 0.25) is 0 Å². The predicted octanol–water partition coefficient (Wildman–Crippen LogP) is -1.69. The minimum atomic E-state index is -0.177. The molecule has 0 fully saturated rings. The van der Waals surface area contributed by atoms with Crippen molar-refractivity contribution in [2.75, 3.05) is 0 Å². The number of aromatic nitrogens is 1. The summed E-state index contributed by atoms with van der Waals surface area (Å²) >= 11 is 0. The van der Waals surface area contributed by atoms with Gasteiger partial charge in [-0.3, -0.25) is 4.98 Å². The topological polar surface area (TPSA) is 36.0 Å². The molecule has 0 radical (unpaired) electrons. The summed E-state index contributed by atoms with van der Waals surface area (Å²) in [4.78, 5) is 3.82. The van der Waals surface area contributed by atoms with E-state index in [1.807, 2.05) is 24.3 Å². The number of benzene rings is 1. The van der Waals surface area contributed by atoms with E-state index < -0.39 is 0 Å². The molecule has 0 saturated carbocycles. The van der Waals surface area contributed by atoms with E-state index in [2.05, 4.69) is 4.98 Å². The maximum atomic E-state index is 10.8. The zero-order valence-corrected chi connectivity index (χ0v) is 6.82. The molecule has 0 bridgehead atoms. The van der Waals surface area contributed by atoms with E-state index in [0.29, 0.717) is 0 Å². The molecule has 2 aromatic rings. The first-order chi connectivity index (χ1) is 5.36. The molecule has 0 N–H and O–H groups in total. The second-order valence-electron chi connectivity index (χ2n) is 2.34. The fourth-order valence-electron chi connectivity index (χ4n) is 1.05. The Hall–Kier alpha value is -0.973. The molecule has 1 heterocycles. The van der Waals surface area contributed by atoms with Gasteiger partial charge in [-0.05, 0) is 11.9 Å². The van der Waals surface area contributed by atoms with Crippen LogP contribution in [0.4, 0.5) is 0 Å². The molecule has 0 saturated heterocycles. The monoisotopic (exact) mass is 151 g/mol. The Morgan fingerprint density at radius 2 is 1.75 bits per heavy atom. The summed E-state index contributed by atoms with van der Waals surface area (Å²) in [5.74, 6) is -0.177. The Balaban J connectivity index is 0.000000720. The van der Waals surface area contributed by atoms with Gasteiger partial charge in [0.25, 0.3) is 0 Å². The standard InChI is InChI=1S/C9H7NO.Li/c11-9-6-5-7-3-1-2-4-8(7)10-9;/h1-6H,(H,10,11);/q;+1/p-1. The van der Waals surface area contributed by atoms with E-state index in [1.54, 1.807) is 6.07 Å². The van der Waals surface area contributed by atoms with Crippen molar-refractivity contribution in [2.45, 2.75) is 0 Å². The van der Waals surface area contributed by atoms with Crippen LogP contribution in [0, 0.1) is 0 Å². The Labute approximate surface area is 82.4 Å². The average Bonchev–Trinajstić information content (AvgIpc) is 2.04. The van der Waals surface area contributed by atoms with Crippen molar-refractivity contribution < 1.29 is 24.0 Å². The van der Waals surface area contributed by atoms with E-state index in [0.717, 1.165) is 10.9 Å². The Morgan fingerprint density at radius 3 is 2.58 bits per heavy atom. The van der Waals surface area contributed by atoms with Gasteiger partial charge < -0.3 is 5.11 Å². The van der Waals surface area contributed by atoms with Crippen LogP contribution in [0.25, 0.3) is 10.9 Å². The minimum Gasteiger partial charge on any atom is -0.859 e. The molecule has 0 spiro atoms. The average molecular weight is 151 g/mol. The number of hydrogen-bond acceptors (Lipinski definition) is 2. The van der Waals surface area contributed by atoms with Gasteiger partial charge in [-0.15, -0.1) is 0 Å². The maximum absolute atomic E-state index is 10.8. The number of rotatable bonds is 0.